The van der Waals surface area contributed by atoms with E-state index in [9.17, 15) is 0 Å². The molecule has 15 nitrogen and oxygen atoms in total. The number of rotatable bonds is 0. The van der Waals surface area contributed by atoms with Gasteiger partial charge in [0, 0.05) is 0 Å². The van der Waals surface area contributed by atoms with Crippen LogP contribution in [0.15, 0.2) is 0 Å². The van der Waals surface area contributed by atoms with Crippen LogP contribution in [0.1, 0.15) is 0 Å². The molecule has 0 aliphatic carbocycles. The van der Waals surface area contributed by atoms with Crippen LogP contribution in [0.5, 0.6) is 0 Å². The summed E-state index contributed by atoms with van der Waals surface area (Å²) in [4.78, 5) is 8.33. The van der Waals surface area contributed by atoms with Crippen molar-refractivity contribution in [3.05, 3.63) is 0 Å². The van der Waals surface area contributed by atoms with Gasteiger partial charge in [0.15, 0.2) is 0 Å². The van der Waals surface area contributed by atoms with Crippen LogP contribution in [0, 0.1) is 0 Å². The van der Waals surface area contributed by atoms with E-state index in [1.54, 1.807) is 0 Å². The number of hydrogen-bond donors (Lipinski definition) is 0. The molecule has 0 aliphatic rings. The summed E-state index contributed by atoms with van der Waals surface area (Å²) in [7, 11) is 0. The third kappa shape index (κ3) is 6710. The molecule has 0 rings (SSSR count). The van der Waals surface area contributed by atoms with Crippen LogP contribution in [0.25, 0.3) is 0 Å². The first kappa shape index (κ1) is 414. The van der Waals surface area contributed by atoms with Crippen molar-refractivity contribution in [2.45, 2.75) is 0 Å². The predicted molar refractivity (Wildman–Crippen MR) is 48.8 cm³/mol. The van der Waals surface area contributed by atoms with Crippen LogP contribution >= 0.6 is 0 Å². The van der Waals surface area contributed by atoms with Crippen LogP contribution in [-0.4, -0.2) is 71.9 Å². The standard InChI is InChI=1S/CH2O3.2Na.12H2O/c2-1(3)4;;;;;;;;;;;;;;/h(H2,2,3,4);;;12*1H2/q;2*+1;;;;;;;;;;;;/p-2. The van der Waals surface area contributed by atoms with Gasteiger partial charge >= 0.3 is 59.1 Å². The van der Waals surface area contributed by atoms with Crippen molar-refractivity contribution in [3.8, 4) is 0 Å². The molecule has 0 fully saturated rings. The van der Waals surface area contributed by atoms with Crippen molar-refractivity contribution in [1.82, 2.24) is 0 Å². The predicted octanol–water partition coefficient (Wildman–Crippen LogP) is -18.3. The molecule has 0 spiro atoms. The molecule has 0 radical (unpaired) electrons. The van der Waals surface area contributed by atoms with Crippen LogP contribution in [0.4, 0.5) is 4.79 Å². The van der Waals surface area contributed by atoms with E-state index in [1.165, 1.54) is 0 Å². The molecule has 0 aliphatic heterocycles. The van der Waals surface area contributed by atoms with E-state index in [0.717, 1.165) is 0 Å². The van der Waals surface area contributed by atoms with E-state index in [4.69, 9.17) is 15.0 Å². The van der Waals surface area contributed by atoms with E-state index in [0.29, 0.717) is 0 Å². The number of carbonyl (C=O) groups is 1. The van der Waals surface area contributed by atoms with Gasteiger partial charge in [0.1, 0.15) is 0 Å². The fraction of sp³-hybridized carbons (Fsp3) is 0. The van der Waals surface area contributed by atoms with E-state index in [2.05, 4.69) is 0 Å². The first-order valence-electron chi connectivity index (χ1n) is 0.612. The van der Waals surface area contributed by atoms with E-state index in [1.807, 2.05) is 0 Å². The van der Waals surface area contributed by atoms with E-state index < -0.39 is 6.16 Å². The Morgan fingerprint density at radius 2 is 0.444 bits per heavy atom. The maximum absolute atomic E-state index is 8.33. The molecule has 0 saturated carbocycles. The van der Waals surface area contributed by atoms with Crippen molar-refractivity contribution < 1.29 is 140 Å². The van der Waals surface area contributed by atoms with Crippen LogP contribution in [0.2, 0.25) is 0 Å². The van der Waals surface area contributed by atoms with Crippen molar-refractivity contribution in [2.24, 2.45) is 0 Å². The third-order valence-corrected chi connectivity index (χ3v) is 0. The Bertz CT molecular complexity index is 37.5. The van der Waals surface area contributed by atoms with Gasteiger partial charge < -0.3 is 80.7 Å². The molecule has 0 amide bonds. The zero-order valence-corrected chi connectivity index (χ0v) is 13.7. The number of carboxylic acid groups (broad SMARTS) is 2. The molecule has 0 bridgehead atoms. The molecule has 17 heteroatoms. The Balaban J connectivity index is -0.000000000495. The molecule has 0 aromatic heterocycles. The zero-order chi connectivity index (χ0) is 3.58. The van der Waals surface area contributed by atoms with Crippen LogP contribution < -0.4 is 69.3 Å². The summed E-state index contributed by atoms with van der Waals surface area (Å²) in [5, 5.41) is 16.7. The van der Waals surface area contributed by atoms with Crippen molar-refractivity contribution in [3.63, 3.8) is 0 Å². The average Bonchev–Trinajstić information content (AvgIpc) is 0.811. The van der Waals surface area contributed by atoms with Gasteiger partial charge in [0.25, 0.3) is 0 Å². The molecule has 0 heterocycles. The molecule has 0 aromatic carbocycles. The van der Waals surface area contributed by atoms with Gasteiger partial charge in [0.2, 0.25) is 0 Å². The Morgan fingerprint density at radius 1 is 0.444 bits per heavy atom. The third-order valence-electron chi connectivity index (χ3n) is 0. The maximum atomic E-state index is 8.33. The summed E-state index contributed by atoms with van der Waals surface area (Å²) in [6.45, 7) is 0. The van der Waals surface area contributed by atoms with Gasteiger partial charge in [-0.25, -0.2) is 0 Å². The molecule has 18 heavy (non-hydrogen) atoms. The number of carbonyl (C=O) groups excluding carboxylic acids is 1. The maximum Gasteiger partial charge on any atom is 1.00 e. The summed E-state index contributed by atoms with van der Waals surface area (Å²) >= 11 is 0. The van der Waals surface area contributed by atoms with Crippen molar-refractivity contribution >= 4 is 6.16 Å². The van der Waals surface area contributed by atoms with E-state index >= 15 is 0 Å². The largest absolute Gasteiger partial charge is 1.00 e. The normalized spacial score (nSPS) is 1.33. The quantitative estimate of drug-likeness (QED) is 0.392. The second-order valence-electron chi connectivity index (χ2n) is 0.250. The SMILES string of the molecule is O.O.O.O.O.O.O.O.O.O.O.O.O=C([O-])[O-].[Na+].[Na+]. The molecule has 0 aromatic rings. The fourth-order valence-corrected chi connectivity index (χ4v) is 0. The van der Waals surface area contributed by atoms with Crippen LogP contribution in [0.3, 0.4) is 0 Å². The molecule has 0 unspecified atom stereocenters. The summed E-state index contributed by atoms with van der Waals surface area (Å²) in [6, 6.07) is 0. The molecule has 0 saturated heterocycles. The number of hydrogen-bond acceptors (Lipinski definition) is 3. The zero-order valence-electron chi connectivity index (χ0n) is 9.72. The van der Waals surface area contributed by atoms with Gasteiger partial charge in [-0.3, -0.25) is 0 Å². The van der Waals surface area contributed by atoms with Gasteiger partial charge in [-0.1, -0.05) is 0 Å². The van der Waals surface area contributed by atoms with E-state index in [-0.39, 0.29) is 125 Å². The van der Waals surface area contributed by atoms with Gasteiger partial charge in [-0.15, -0.1) is 0 Å². The molecular weight excluding hydrogens is 298 g/mol. The Morgan fingerprint density at radius 3 is 0.444 bits per heavy atom. The second kappa shape index (κ2) is 349. The summed E-state index contributed by atoms with van der Waals surface area (Å²) in [5.74, 6) is 0. The van der Waals surface area contributed by atoms with Crippen molar-refractivity contribution in [1.29, 1.82) is 0 Å². The van der Waals surface area contributed by atoms with Gasteiger partial charge in [-0.05, 0) is 6.16 Å². The Labute approximate surface area is 145 Å². The summed E-state index contributed by atoms with van der Waals surface area (Å²) < 4.78 is 0. The summed E-state index contributed by atoms with van der Waals surface area (Å²) in [6.07, 6.45) is -2.33. The monoisotopic (exact) mass is 322 g/mol. The minimum atomic E-state index is -2.33. The first-order valence-corrected chi connectivity index (χ1v) is 0.612. The fourth-order valence-electron chi connectivity index (χ4n) is 0. The van der Waals surface area contributed by atoms with Crippen LogP contribution in [-0.2, 0) is 0 Å². The Kier molecular flexibility index (Phi) is 8030. The topological polar surface area (TPSA) is 441 Å². The first-order chi connectivity index (χ1) is 1.73. The van der Waals surface area contributed by atoms with Gasteiger partial charge in [0.05, 0.1) is 0 Å². The summed E-state index contributed by atoms with van der Waals surface area (Å²) in [5.41, 5.74) is 0. The second-order valence-corrected chi connectivity index (χ2v) is 0.250. The molecule has 24 N–H and O–H groups in total. The van der Waals surface area contributed by atoms with Gasteiger partial charge in [-0.2, -0.15) is 0 Å². The van der Waals surface area contributed by atoms with Crippen molar-refractivity contribution in [2.75, 3.05) is 0 Å². The average molecular weight is 322 g/mol. The molecule has 0 atom stereocenters. The molecular formula is CH24Na2O15. The Hall–Kier alpha value is 0.790. The smallest absolute Gasteiger partial charge is 0.652 e. The molecule has 120 valence electrons. The minimum Gasteiger partial charge on any atom is -0.652 e. The minimum absolute atomic E-state index is 0.